The van der Waals surface area contributed by atoms with Crippen molar-refractivity contribution in [1.29, 1.82) is 0 Å². The summed E-state index contributed by atoms with van der Waals surface area (Å²) in [6.07, 6.45) is 0.446. The minimum Gasteiger partial charge on any atom is -0.383 e. The molecule has 0 aliphatic heterocycles. The number of sulfonamides is 1. The second kappa shape index (κ2) is 7.25. The zero-order valence-electron chi connectivity index (χ0n) is 14.0. The molecule has 132 valence electrons. The summed E-state index contributed by atoms with van der Waals surface area (Å²) in [5.41, 5.74) is -0.270. The summed E-state index contributed by atoms with van der Waals surface area (Å²) in [7, 11) is -3.46. The lowest BCUT2D eigenvalue weighted by molar-refractivity contribution is 0.0667. The van der Waals surface area contributed by atoms with Gasteiger partial charge in [-0.2, -0.15) is 0 Å². The molecule has 4 nitrogen and oxygen atoms in total. The number of aryl methyl sites for hydroxylation is 1. The van der Waals surface area contributed by atoms with Gasteiger partial charge in [-0.15, -0.1) is 11.3 Å². The molecule has 0 aliphatic rings. The molecule has 25 heavy (non-hydrogen) atoms. The van der Waals surface area contributed by atoms with E-state index >= 15 is 0 Å². The Hall–Kier alpha value is -1.73. The Labute approximate surface area is 152 Å². The number of fused-ring (bicyclic) bond motifs is 1. The highest BCUT2D eigenvalue weighted by atomic mass is 32.2. The Morgan fingerprint density at radius 1 is 1.08 bits per heavy atom. The predicted octanol–water partition coefficient (Wildman–Crippen LogP) is 3.27. The van der Waals surface area contributed by atoms with E-state index < -0.39 is 15.6 Å². The number of hydrogen-bond donors (Lipinski definition) is 2. The summed E-state index contributed by atoms with van der Waals surface area (Å²) in [4.78, 5) is 0.749. The van der Waals surface area contributed by atoms with Gasteiger partial charge < -0.3 is 5.11 Å². The van der Waals surface area contributed by atoms with Gasteiger partial charge in [0.05, 0.1) is 5.75 Å². The number of benzene rings is 2. The van der Waals surface area contributed by atoms with Gasteiger partial charge in [0.15, 0.2) is 0 Å². The molecule has 6 heteroatoms. The second-order valence-electron chi connectivity index (χ2n) is 6.30. The average Bonchev–Trinajstić information content (AvgIpc) is 3.05. The molecule has 0 aliphatic carbocycles. The molecule has 0 radical (unpaired) electrons. The zero-order valence-corrected chi connectivity index (χ0v) is 15.6. The van der Waals surface area contributed by atoms with Crippen LogP contribution in [0.5, 0.6) is 0 Å². The fraction of sp³-hybridized carbons (Fsp3) is 0.263. The molecule has 1 atom stereocenters. The Morgan fingerprint density at radius 3 is 2.48 bits per heavy atom. The van der Waals surface area contributed by atoms with Crippen LogP contribution in [-0.2, 0) is 22.0 Å². The highest BCUT2D eigenvalue weighted by Crippen LogP contribution is 2.32. The fourth-order valence-corrected chi connectivity index (χ4v) is 4.81. The van der Waals surface area contributed by atoms with Crippen molar-refractivity contribution in [3.05, 3.63) is 71.1 Å². The molecule has 0 saturated carbocycles. The molecule has 0 amide bonds. The van der Waals surface area contributed by atoms with E-state index in [0.29, 0.717) is 6.42 Å². The number of nitrogens with one attached hydrogen (secondary N) is 1. The van der Waals surface area contributed by atoms with Gasteiger partial charge >= 0.3 is 0 Å². The van der Waals surface area contributed by atoms with Gasteiger partial charge in [-0.05, 0) is 36.4 Å². The minimum absolute atomic E-state index is 0.000487. The molecule has 0 fully saturated rings. The first-order chi connectivity index (χ1) is 11.9. The van der Waals surface area contributed by atoms with Gasteiger partial charge in [-0.3, -0.25) is 0 Å². The quantitative estimate of drug-likeness (QED) is 0.666. The van der Waals surface area contributed by atoms with Crippen LogP contribution in [0.25, 0.3) is 10.1 Å². The summed E-state index contributed by atoms with van der Waals surface area (Å²) in [6.45, 7) is 1.59. The Kier molecular flexibility index (Phi) is 5.24. The zero-order chi connectivity index (χ0) is 17.9. The second-order valence-corrected chi connectivity index (χ2v) is 9.31. The predicted molar refractivity (Wildman–Crippen MR) is 103 cm³/mol. The molecule has 0 saturated heterocycles. The summed E-state index contributed by atoms with van der Waals surface area (Å²) < 4.78 is 28.1. The molecule has 0 spiro atoms. The van der Waals surface area contributed by atoms with Crippen molar-refractivity contribution in [2.24, 2.45) is 0 Å². The van der Waals surface area contributed by atoms with Crippen LogP contribution in [0.2, 0.25) is 0 Å². The molecule has 1 heterocycles. The molecule has 2 N–H and O–H groups in total. The van der Waals surface area contributed by atoms with Crippen LogP contribution >= 0.6 is 11.3 Å². The maximum absolute atomic E-state index is 12.2. The maximum Gasteiger partial charge on any atom is 0.212 e. The Morgan fingerprint density at radius 2 is 1.76 bits per heavy atom. The van der Waals surface area contributed by atoms with Gasteiger partial charge in [0.1, 0.15) is 5.60 Å². The number of rotatable bonds is 7. The normalized spacial score (nSPS) is 14.5. The van der Waals surface area contributed by atoms with Crippen molar-refractivity contribution >= 4 is 31.4 Å². The van der Waals surface area contributed by atoms with Gasteiger partial charge in [0.25, 0.3) is 0 Å². The van der Waals surface area contributed by atoms with Crippen LogP contribution < -0.4 is 4.72 Å². The van der Waals surface area contributed by atoms with Crippen LogP contribution in [0.1, 0.15) is 17.4 Å². The van der Waals surface area contributed by atoms with Crippen LogP contribution in [0, 0.1) is 0 Å². The van der Waals surface area contributed by atoms with E-state index in [1.54, 1.807) is 6.92 Å². The van der Waals surface area contributed by atoms with Crippen molar-refractivity contribution in [2.75, 3.05) is 12.3 Å². The topological polar surface area (TPSA) is 66.4 Å². The van der Waals surface area contributed by atoms with Gasteiger partial charge in [0.2, 0.25) is 10.0 Å². The standard InChI is InChI=1S/C19H21NO3S2/c1-19(21,18-13-16-9-5-6-10-17(16)24-18)14-20-25(22,23)12-11-15-7-3-2-4-8-15/h2-10,13,20-21H,11-12,14H2,1H3. The van der Waals surface area contributed by atoms with Gasteiger partial charge in [-0.1, -0.05) is 48.5 Å². The van der Waals surface area contributed by atoms with Gasteiger partial charge in [0, 0.05) is 16.1 Å². The maximum atomic E-state index is 12.2. The lowest BCUT2D eigenvalue weighted by Gasteiger charge is -2.22. The average molecular weight is 376 g/mol. The SMILES string of the molecule is CC(O)(CNS(=O)(=O)CCc1ccccc1)c1cc2ccccc2s1. The summed E-state index contributed by atoms with van der Waals surface area (Å²) in [6, 6.07) is 19.3. The molecule has 2 aromatic carbocycles. The van der Waals surface area contributed by atoms with E-state index in [1.165, 1.54) is 11.3 Å². The Balaban J connectivity index is 1.64. The van der Waals surface area contributed by atoms with E-state index in [4.69, 9.17) is 0 Å². The van der Waals surface area contributed by atoms with E-state index in [9.17, 15) is 13.5 Å². The van der Waals surface area contributed by atoms with E-state index in [0.717, 1.165) is 20.5 Å². The molecular formula is C19H21NO3S2. The highest BCUT2D eigenvalue weighted by molar-refractivity contribution is 7.89. The van der Waals surface area contributed by atoms with Crippen LogP contribution in [0.15, 0.2) is 60.7 Å². The highest BCUT2D eigenvalue weighted by Gasteiger charge is 2.27. The van der Waals surface area contributed by atoms with Crippen LogP contribution in [-0.4, -0.2) is 25.8 Å². The minimum atomic E-state index is -3.46. The van der Waals surface area contributed by atoms with Crippen molar-refractivity contribution in [2.45, 2.75) is 18.9 Å². The molecular weight excluding hydrogens is 354 g/mol. The van der Waals surface area contributed by atoms with Crippen molar-refractivity contribution < 1.29 is 13.5 Å². The number of thiophene rings is 1. The Bertz CT molecular complexity index is 914. The summed E-state index contributed by atoms with van der Waals surface area (Å²) in [5.74, 6) is -0.000487. The van der Waals surface area contributed by atoms with Crippen LogP contribution in [0.4, 0.5) is 0 Å². The molecule has 3 rings (SSSR count). The number of aliphatic hydroxyl groups is 1. The summed E-state index contributed by atoms with van der Waals surface area (Å²) in [5, 5.41) is 11.8. The van der Waals surface area contributed by atoms with Crippen molar-refractivity contribution in [3.63, 3.8) is 0 Å². The largest absolute Gasteiger partial charge is 0.383 e. The first-order valence-electron chi connectivity index (χ1n) is 8.08. The third-order valence-electron chi connectivity index (χ3n) is 4.09. The molecule has 1 aromatic heterocycles. The number of hydrogen-bond acceptors (Lipinski definition) is 4. The van der Waals surface area contributed by atoms with Crippen molar-refractivity contribution in [1.82, 2.24) is 4.72 Å². The smallest absolute Gasteiger partial charge is 0.212 e. The monoisotopic (exact) mass is 375 g/mol. The first kappa shape index (κ1) is 18.1. The van der Waals surface area contributed by atoms with E-state index in [1.807, 2.05) is 60.7 Å². The molecule has 0 bridgehead atoms. The molecule has 1 unspecified atom stereocenters. The third kappa shape index (κ3) is 4.67. The van der Waals surface area contributed by atoms with E-state index in [-0.39, 0.29) is 12.3 Å². The first-order valence-corrected chi connectivity index (χ1v) is 10.6. The summed E-state index contributed by atoms with van der Waals surface area (Å²) >= 11 is 1.48. The lowest BCUT2D eigenvalue weighted by Crippen LogP contribution is -2.39. The van der Waals surface area contributed by atoms with Crippen molar-refractivity contribution in [3.8, 4) is 0 Å². The lowest BCUT2D eigenvalue weighted by atomic mass is 10.1. The fourth-order valence-electron chi connectivity index (χ4n) is 2.55. The third-order valence-corrected chi connectivity index (χ3v) is 6.79. The molecule has 3 aromatic rings. The van der Waals surface area contributed by atoms with Gasteiger partial charge in [-0.25, -0.2) is 13.1 Å². The van der Waals surface area contributed by atoms with Crippen LogP contribution in [0.3, 0.4) is 0 Å². The van der Waals surface area contributed by atoms with E-state index in [2.05, 4.69) is 4.72 Å².